The highest BCUT2D eigenvalue weighted by Crippen LogP contribution is 2.38. The lowest BCUT2D eigenvalue weighted by Crippen LogP contribution is -2.14. The van der Waals surface area contributed by atoms with E-state index in [4.69, 9.17) is 4.99 Å². The van der Waals surface area contributed by atoms with Gasteiger partial charge in [0.25, 0.3) is 0 Å². The maximum Gasteiger partial charge on any atom is 0.190 e. The molecule has 1 fully saturated rings. The first-order valence-corrected chi connectivity index (χ1v) is 9.22. The van der Waals surface area contributed by atoms with Gasteiger partial charge in [-0.15, -0.1) is 11.3 Å². The van der Waals surface area contributed by atoms with Crippen LogP contribution in [0.3, 0.4) is 0 Å². The maximum absolute atomic E-state index is 13.2. The average molecular weight is 338 g/mol. The maximum atomic E-state index is 13.2. The van der Waals surface area contributed by atoms with E-state index < -0.39 is 0 Å². The fourth-order valence-corrected chi connectivity index (χ4v) is 3.82. The van der Waals surface area contributed by atoms with Crippen LogP contribution in [0.25, 0.3) is 11.3 Å². The van der Waals surface area contributed by atoms with Gasteiger partial charge in [-0.1, -0.05) is 19.1 Å². The summed E-state index contributed by atoms with van der Waals surface area (Å²) in [5.74, 6) is -0.201. The number of aromatic nitrogens is 1. The predicted molar refractivity (Wildman–Crippen MR) is 97.0 cm³/mol. The molecule has 2 aromatic carbocycles. The standard InChI is InChI=1S/C20H19FN2S/c1-2-14-3-9-17(10-4-14)22-20-23(18-11-12-18)19(13-24-20)15-5-7-16(21)8-6-15/h3-10,13,18H,2,11-12H2,1H3. The fraction of sp³-hybridized carbons (Fsp3) is 0.250. The van der Waals surface area contributed by atoms with Crippen LogP contribution in [-0.4, -0.2) is 4.57 Å². The van der Waals surface area contributed by atoms with E-state index in [-0.39, 0.29) is 5.82 Å². The Labute approximate surface area is 144 Å². The molecule has 3 aromatic rings. The van der Waals surface area contributed by atoms with E-state index in [1.807, 2.05) is 12.1 Å². The largest absolute Gasteiger partial charge is 0.313 e. The number of hydrogen-bond acceptors (Lipinski definition) is 2. The van der Waals surface area contributed by atoms with Crippen molar-refractivity contribution < 1.29 is 4.39 Å². The number of thiazole rings is 1. The molecule has 0 bridgehead atoms. The molecule has 0 saturated heterocycles. The molecule has 1 saturated carbocycles. The second kappa shape index (κ2) is 6.36. The highest BCUT2D eigenvalue weighted by atomic mass is 32.1. The molecule has 122 valence electrons. The minimum absolute atomic E-state index is 0.201. The SMILES string of the molecule is CCc1ccc(N=c2scc(-c3ccc(F)cc3)n2C2CC2)cc1. The number of benzene rings is 2. The highest BCUT2D eigenvalue weighted by molar-refractivity contribution is 7.07. The minimum atomic E-state index is -0.201. The second-order valence-electron chi connectivity index (χ2n) is 6.14. The Hall–Kier alpha value is -2.20. The van der Waals surface area contributed by atoms with Crippen LogP contribution < -0.4 is 4.80 Å². The van der Waals surface area contributed by atoms with E-state index in [0.29, 0.717) is 6.04 Å². The Morgan fingerprint density at radius 1 is 1.08 bits per heavy atom. The quantitative estimate of drug-likeness (QED) is 0.599. The summed E-state index contributed by atoms with van der Waals surface area (Å²) in [6, 6.07) is 15.7. The Bertz CT molecular complexity index is 900. The van der Waals surface area contributed by atoms with Crippen LogP contribution >= 0.6 is 11.3 Å². The van der Waals surface area contributed by atoms with Crippen LogP contribution in [0.1, 0.15) is 31.4 Å². The summed E-state index contributed by atoms with van der Waals surface area (Å²) in [4.78, 5) is 5.86. The Kier molecular flexibility index (Phi) is 4.07. The Morgan fingerprint density at radius 2 is 1.79 bits per heavy atom. The first-order chi connectivity index (χ1) is 11.7. The van der Waals surface area contributed by atoms with Crippen LogP contribution in [0, 0.1) is 5.82 Å². The highest BCUT2D eigenvalue weighted by Gasteiger charge is 2.27. The first kappa shape index (κ1) is 15.3. The predicted octanol–water partition coefficient (Wildman–Crippen LogP) is 5.49. The van der Waals surface area contributed by atoms with Gasteiger partial charge in [0.2, 0.25) is 0 Å². The van der Waals surface area contributed by atoms with Crippen LogP contribution in [0.4, 0.5) is 10.1 Å². The molecule has 4 rings (SSSR count). The van der Waals surface area contributed by atoms with E-state index in [1.54, 1.807) is 11.3 Å². The van der Waals surface area contributed by atoms with Crippen LogP contribution in [0.5, 0.6) is 0 Å². The van der Waals surface area contributed by atoms with Crippen LogP contribution in [0.15, 0.2) is 58.9 Å². The molecule has 0 N–H and O–H groups in total. The summed E-state index contributed by atoms with van der Waals surface area (Å²) in [5, 5.41) is 2.13. The van der Waals surface area contributed by atoms with Crippen molar-refractivity contribution in [3.05, 3.63) is 70.1 Å². The van der Waals surface area contributed by atoms with E-state index in [1.165, 1.54) is 30.5 Å². The summed E-state index contributed by atoms with van der Waals surface area (Å²) in [6.45, 7) is 2.15. The first-order valence-electron chi connectivity index (χ1n) is 8.34. The van der Waals surface area contributed by atoms with E-state index in [2.05, 4.69) is 41.1 Å². The van der Waals surface area contributed by atoms with Crippen LogP contribution in [0.2, 0.25) is 0 Å². The molecule has 1 aromatic heterocycles. The number of rotatable bonds is 4. The smallest absolute Gasteiger partial charge is 0.190 e. The zero-order valence-corrected chi connectivity index (χ0v) is 14.4. The van der Waals surface area contributed by atoms with Gasteiger partial charge < -0.3 is 4.57 Å². The van der Waals surface area contributed by atoms with Gasteiger partial charge in [0.05, 0.1) is 11.4 Å². The van der Waals surface area contributed by atoms with E-state index in [9.17, 15) is 4.39 Å². The Morgan fingerprint density at radius 3 is 2.42 bits per heavy atom. The molecule has 0 radical (unpaired) electrons. The van der Waals surface area contributed by atoms with Crippen molar-refractivity contribution in [3.8, 4) is 11.3 Å². The normalized spacial score (nSPS) is 15.0. The van der Waals surface area contributed by atoms with Gasteiger partial charge >= 0.3 is 0 Å². The van der Waals surface area contributed by atoms with Gasteiger partial charge in [0.1, 0.15) is 5.82 Å². The lowest BCUT2D eigenvalue weighted by Gasteiger charge is -2.07. The third-order valence-electron chi connectivity index (χ3n) is 4.36. The number of nitrogens with zero attached hydrogens (tertiary/aromatic N) is 2. The zero-order valence-electron chi connectivity index (χ0n) is 13.6. The van der Waals surface area contributed by atoms with Crippen molar-refractivity contribution >= 4 is 17.0 Å². The Balaban J connectivity index is 1.78. The lowest BCUT2D eigenvalue weighted by atomic mass is 10.1. The van der Waals surface area contributed by atoms with Gasteiger partial charge in [0.15, 0.2) is 4.80 Å². The molecule has 24 heavy (non-hydrogen) atoms. The molecule has 1 aliphatic carbocycles. The third-order valence-corrected chi connectivity index (χ3v) is 5.20. The summed E-state index contributed by atoms with van der Waals surface area (Å²) in [7, 11) is 0. The second-order valence-corrected chi connectivity index (χ2v) is 6.98. The van der Waals surface area contributed by atoms with Gasteiger partial charge in [-0.05, 0) is 66.8 Å². The van der Waals surface area contributed by atoms with Crippen molar-refractivity contribution in [2.75, 3.05) is 0 Å². The van der Waals surface area contributed by atoms with Gasteiger partial charge in [-0.25, -0.2) is 9.38 Å². The molecular weight excluding hydrogens is 319 g/mol. The number of aryl methyl sites for hydroxylation is 1. The van der Waals surface area contributed by atoms with Gasteiger partial charge in [0, 0.05) is 11.4 Å². The molecule has 0 spiro atoms. The summed E-state index contributed by atoms with van der Waals surface area (Å²) < 4.78 is 15.5. The van der Waals surface area contributed by atoms with Crippen molar-refractivity contribution in [1.82, 2.24) is 4.57 Å². The summed E-state index contributed by atoms with van der Waals surface area (Å²) in [5.41, 5.74) is 4.48. The van der Waals surface area contributed by atoms with E-state index in [0.717, 1.165) is 28.2 Å². The van der Waals surface area contributed by atoms with Gasteiger partial charge in [-0.3, -0.25) is 0 Å². The third kappa shape index (κ3) is 3.06. The van der Waals surface area contributed by atoms with E-state index >= 15 is 0 Å². The monoisotopic (exact) mass is 338 g/mol. The van der Waals surface area contributed by atoms with Crippen molar-refractivity contribution in [2.45, 2.75) is 32.2 Å². The zero-order chi connectivity index (χ0) is 16.5. The lowest BCUT2D eigenvalue weighted by molar-refractivity contribution is 0.628. The molecule has 0 atom stereocenters. The number of hydrogen-bond donors (Lipinski definition) is 0. The molecule has 0 amide bonds. The van der Waals surface area contributed by atoms with Crippen molar-refractivity contribution in [2.24, 2.45) is 4.99 Å². The number of halogens is 1. The van der Waals surface area contributed by atoms with Crippen molar-refractivity contribution in [1.29, 1.82) is 0 Å². The molecular formula is C20H19FN2S. The summed E-state index contributed by atoms with van der Waals surface area (Å²) in [6.07, 6.45) is 3.41. The minimum Gasteiger partial charge on any atom is -0.313 e. The van der Waals surface area contributed by atoms with Crippen LogP contribution in [-0.2, 0) is 6.42 Å². The molecule has 2 nitrogen and oxygen atoms in total. The molecule has 1 heterocycles. The summed E-state index contributed by atoms with van der Waals surface area (Å²) >= 11 is 1.65. The topological polar surface area (TPSA) is 17.3 Å². The van der Waals surface area contributed by atoms with Crippen molar-refractivity contribution in [3.63, 3.8) is 0 Å². The van der Waals surface area contributed by atoms with Gasteiger partial charge in [-0.2, -0.15) is 0 Å². The molecule has 4 heteroatoms. The fourth-order valence-electron chi connectivity index (χ4n) is 2.84. The molecule has 1 aliphatic rings. The average Bonchev–Trinajstić information content (AvgIpc) is 3.37. The molecule has 0 aliphatic heterocycles. The molecule has 0 unspecified atom stereocenters.